The average Bonchev–Trinajstić information content (AvgIpc) is 3.18. The molecule has 0 unspecified atom stereocenters. The van der Waals surface area contributed by atoms with Gasteiger partial charge in [-0.2, -0.15) is 5.26 Å². The van der Waals surface area contributed by atoms with Gasteiger partial charge in [0, 0.05) is 11.9 Å². The summed E-state index contributed by atoms with van der Waals surface area (Å²) in [6, 6.07) is 16.1. The fraction of sp³-hybridized carbons (Fsp3) is 0.333. The van der Waals surface area contributed by atoms with Gasteiger partial charge in [-0.25, -0.2) is 4.98 Å². The van der Waals surface area contributed by atoms with Crippen molar-refractivity contribution < 1.29 is 0 Å². The highest BCUT2D eigenvalue weighted by Gasteiger charge is 2.25. The lowest BCUT2D eigenvalue weighted by Crippen LogP contribution is -2.33. The van der Waals surface area contributed by atoms with Crippen LogP contribution in [0.3, 0.4) is 0 Å². The number of rotatable bonds is 5. The minimum Gasteiger partial charge on any atom is -0.294 e. The molecule has 1 aliphatic rings. The molecule has 0 saturated carbocycles. The number of likely N-dealkylation sites (tertiary alicyclic amines) is 1. The van der Waals surface area contributed by atoms with E-state index in [0.717, 1.165) is 34.8 Å². The second kappa shape index (κ2) is 8.55. The lowest BCUT2D eigenvalue weighted by Gasteiger charge is -2.31. The molecule has 0 amide bonds. The molecule has 1 aromatic carbocycles. The SMILES string of the molecule is C[C@@H](c1nnc(Sc2ccc(C#N)cn2)n1-c1ccccc1)N1CCCCC1. The molecule has 0 spiro atoms. The van der Waals surface area contributed by atoms with Crippen molar-refractivity contribution in [2.75, 3.05) is 13.1 Å². The van der Waals surface area contributed by atoms with Crippen LogP contribution in [0.1, 0.15) is 43.6 Å². The van der Waals surface area contributed by atoms with Crippen LogP contribution in [0.15, 0.2) is 58.8 Å². The minimum atomic E-state index is 0.191. The van der Waals surface area contributed by atoms with Gasteiger partial charge < -0.3 is 0 Å². The van der Waals surface area contributed by atoms with Crippen LogP contribution >= 0.6 is 11.8 Å². The molecule has 1 saturated heterocycles. The van der Waals surface area contributed by atoms with Gasteiger partial charge >= 0.3 is 0 Å². The summed E-state index contributed by atoms with van der Waals surface area (Å²) in [5, 5.41) is 19.6. The Bertz CT molecular complexity index is 955. The van der Waals surface area contributed by atoms with Crippen LogP contribution in [0.4, 0.5) is 0 Å². The van der Waals surface area contributed by atoms with Crippen molar-refractivity contribution in [3.63, 3.8) is 0 Å². The fourth-order valence-corrected chi connectivity index (χ4v) is 4.31. The first-order valence-corrected chi connectivity index (χ1v) is 10.4. The highest BCUT2D eigenvalue weighted by molar-refractivity contribution is 7.99. The quantitative estimate of drug-likeness (QED) is 0.649. The predicted octanol–water partition coefficient (Wildman–Crippen LogP) is 4.23. The van der Waals surface area contributed by atoms with E-state index in [1.807, 2.05) is 24.3 Å². The third kappa shape index (κ3) is 3.93. The Morgan fingerprint density at radius 1 is 1.04 bits per heavy atom. The fourth-order valence-electron chi connectivity index (χ4n) is 3.51. The van der Waals surface area contributed by atoms with Crippen LogP contribution in [0.5, 0.6) is 0 Å². The molecular weight excluding hydrogens is 368 g/mol. The van der Waals surface area contributed by atoms with Crippen LogP contribution in [0.2, 0.25) is 0 Å². The Kier molecular flexibility index (Phi) is 5.70. The summed E-state index contributed by atoms with van der Waals surface area (Å²) in [5.41, 5.74) is 1.59. The number of aromatic nitrogens is 4. The second-order valence-electron chi connectivity index (χ2n) is 6.88. The molecule has 0 N–H and O–H groups in total. The molecule has 1 atom stereocenters. The third-order valence-electron chi connectivity index (χ3n) is 5.05. The van der Waals surface area contributed by atoms with Gasteiger partial charge in [0.05, 0.1) is 11.6 Å². The molecule has 3 heterocycles. The molecule has 4 rings (SSSR count). The molecule has 0 bridgehead atoms. The first-order valence-electron chi connectivity index (χ1n) is 9.55. The van der Waals surface area contributed by atoms with Crippen LogP contribution in [0.25, 0.3) is 5.69 Å². The van der Waals surface area contributed by atoms with E-state index in [-0.39, 0.29) is 6.04 Å². The van der Waals surface area contributed by atoms with Crippen LogP contribution in [-0.4, -0.2) is 37.7 Å². The van der Waals surface area contributed by atoms with Crippen LogP contribution < -0.4 is 0 Å². The van der Waals surface area contributed by atoms with Crippen LogP contribution in [0, 0.1) is 11.3 Å². The maximum atomic E-state index is 8.97. The molecule has 1 aliphatic heterocycles. The molecule has 7 heteroatoms. The first-order chi connectivity index (χ1) is 13.8. The predicted molar refractivity (Wildman–Crippen MR) is 108 cm³/mol. The van der Waals surface area contributed by atoms with E-state index in [1.165, 1.54) is 31.0 Å². The monoisotopic (exact) mass is 390 g/mol. The van der Waals surface area contributed by atoms with Crippen molar-refractivity contribution >= 4 is 11.8 Å². The van der Waals surface area contributed by atoms with Crippen molar-refractivity contribution in [1.82, 2.24) is 24.6 Å². The van der Waals surface area contributed by atoms with E-state index in [0.29, 0.717) is 5.56 Å². The normalized spacial score (nSPS) is 15.9. The molecule has 1 fully saturated rings. The van der Waals surface area contributed by atoms with E-state index in [2.05, 4.69) is 49.8 Å². The summed E-state index contributed by atoms with van der Waals surface area (Å²) in [5.74, 6) is 0.948. The number of hydrogen-bond donors (Lipinski definition) is 0. The number of nitriles is 1. The Hall–Kier alpha value is -2.69. The highest BCUT2D eigenvalue weighted by Crippen LogP contribution is 2.31. The Morgan fingerprint density at radius 2 is 1.82 bits per heavy atom. The molecule has 0 radical (unpaired) electrons. The summed E-state index contributed by atoms with van der Waals surface area (Å²) < 4.78 is 2.13. The molecular formula is C21H22N6S. The van der Waals surface area contributed by atoms with Gasteiger partial charge in [-0.1, -0.05) is 24.6 Å². The summed E-state index contributed by atoms with van der Waals surface area (Å²) in [7, 11) is 0. The highest BCUT2D eigenvalue weighted by atomic mass is 32.2. The van der Waals surface area contributed by atoms with E-state index < -0.39 is 0 Å². The minimum absolute atomic E-state index is 0.191. The Labute approximate surface area is 169 Å². The summed E-state index contributed by atoms with van der Waals surface area (Å²) >= 11 is 1.46. The summed E-state index contributed by atoms with van der Waals surface area (Å²) in [6.07, 6.45) is 5.37. The number of benzene rings is 1. The van der Waals surface area contributed by atoms with Gasteiger partial charge in [-0.15, -0.1) is 10.2 Å². The van der Waals surface area contributed by atoms with Crippen molar-refractivity contribution in [3.8, 4) is 11.8 Å². The van der Waals surface area contributed by atoms with Crippen molar-refractivity contribution in [3.05, 3.63) is 60.0 Å². The van der Waals surface area contributed by atoms with Gasteiger partial charge in [-0.05, 0) is 68.9 Å². The lowest BCUT2D eigenvalue weighted by molar-refractivity contribution is 0.167. The maximum absolute atomic E-state index is 8.97. The number of para-hydroxylation sites is 1. The molecule has 0 aliphatic carbocycles. The Balaban J connectivity index is 1.70. The van der Waals surface area contributed by atoms with Crippen molar-refractivity contribution in [2.24, 2.45) is 0 Å². The molecule has 6 nitrogen and oxygen atoms in total. The topological polar surface area (TPSA) is 70.6 Å². The summed E-state index contributed by atoms with van der Waals surface area (Å²) in [6.45, 7) is 4.41. The zero-order valence-electron chi connectivity index (χ0n) is 15.8. The second-order valence-corrected chi connectivity index (χ2v) is 7.87. The standard InChI is InChI=1S/C21H22N6S/c1-16(26-12-6-3-7-13-26)20-24-25-21(27(20)18-8-4-2-5-9-18)28-19-11-10-17(14-22)15-23-19/h2,4-5,8-11,15-16H,3,6-7,12-13H2,1H3/t16-/m0/s1. The summed E-state index contributed by atoms with van der Waals surface area (Å²) in [4.78, 5) is 6.86. The third-order valence-corrected chi connectivity index (χ3v) is 5.94. The van der Waals surface area contributed by atoms with E-state index in [9.17, 15) is 0 Å². The molecule has 2 aromatic heterocycles. The number of nitrogens with zero attached hydrogens (tertiary/aromatic N) is 6. The number of piperidine rings is 1. The first kappa shape index (κ1) is 18.7. The maximum Gasteiger partial charge on any atom is 0.202 e. The van der Waals surface area contributed by atoms with Crippen molar-refractivity contribution in [2.45, 2.75) is 42.4 Å². The van der Waals surface area contributed by atoms with E-state index in [4.69, 9.17) is 5.26 Å². The van der Waals surface area contributed by atoms with Crippen molar-refractivity contribution in [1.29, 1.82) is 5.26 Å². The van der Waals surface area contributed by atoms with Crippen LogP contribution in [-0.2, 0) is 0 Å². The van der Waals surface area contributed by atoms with Gasteiger partial charge in [0.15, 0.2) is 5.82 Å². The van der Waals surface area contributed by atoms with Gasteiger partial charge in [0.25, 0.3) is 0 Å². The van der Waals surface area contributed by atoms with Gasteiger partial charge in [0.1, 0.15) is 11.1 Å². The zero-order chi connectivity index (χ0) is 19.3. The molecule has 3 aromatic rings. The number of hydrogen-bond acceptors (Lipinski definition) is 6. The van der Waals surface area contributed by atoms with Gasteiger partial charge in [-0.3, -0.25) is 9.47 Å². The molecule has 142 valence electrons. The van der Waals surface area contributed by atoms with E-state index in [1.54, 1.807) is 12.3 Å². The van der Waals surface area contributed by atoms with Gasteiger partial charge in [0.2, 0.25) is 5.16 Å². The zero-order valence-corrected chi connectivity index (χ0v) is 16.6. The lowest BCUT2D eigenvalue weighted by atomic mass is 10.1. The smallest absolute Gasteiger partial charge is 0.202 e. The molecule has 28 heavy (non-hydrogen) atoms. The average molecular weight is 391 g/mol. The van der Waals surface area contributed by atoms with E-state index >= 15 is 0 Å². The largest absolute Gasteiger partial charge is 0.294 e. The Morgan fingerprint density at radius 3 is 2.50 bits per heavy atom. The number of pyridine rings is 1.